The lowest BCUT2D eigenvalue weighted by Gasteiger charge is -2.14. The molecule has 0 aliphatic rings. The number of phenolic OH excluding ortho intramolecular Hbond substituents is 1. The second-order valence-corrected chi connectivity index (χ2v) is 3.98. The van der Waals surface area contributed by atoms with Gasteiger partial charge in [-0.05, 0) is 31.9 Å². The second-order valence-electron chi connectivity index (χ2n) is 3.98. The lowest BCUT2D eigenvalue weighted by atomic mass is 10.1. The third kappa shape index (κ3) is 3.64. The van der Waals surface area contributed by atoms with Crippen LogP contribution in [0.25, 0.3) is 0 Å². The van der Waals surface area contributed by atoms with Crippen LogP contribution >= 0.6 is 0 Å². The van der Waals surface area contributed by atoms with Gasteiger partial charge in [-0.3, -0.25) is 4.79 Å². The summed E-state index contributed by atoms with van der Waals surface area (Å²) >= 11 is 0. The summed E-state index contributed by atoms with van der Waals surface area (Å²) < 4.78 is 0. The number of hydrogen-bond donors (Lipinski definition) is 4. The third-order valence-corrected chi connectivity index (χ3v) is 2.48. The number of anilines is 1. The maximum absolute atomic E-state index is 11.8. The number of hydrogen-bond acceptors (Lipinski definition) is 4. The fraction of sp³-hybridized carbons (Fsp3) is 0.417. The third-order valence-electron chi connectivity index (χ3n) is 2.48. The van der Waals surface area contributed by atoms with Gasteiger partial charge in [-0.1, -0.05) is 6.07 Å². The smallest absolute Gasteiger partial charge is 0.255 e. The highest BCUT2D eigenvalue weighted by atomic mass is 16.3. The molecule has 0 saturated heterocycles. The van der Waals surface area contributed by atoms with Crippen LogP contribution in [0.15, 0.2) is 18.2 Å². The van der Waals surface area contributed by atoms with Gasteiger partial charge < -0.3 is 21.3 Å². The molecule has 0 aromatic heterocycles. The van der Waals surface area contributed by atoms with E-state index in [1.165, 1.54) is 12.1 Å². The minimum atomic E-state index is -0.361. The number of carbonyl (C=O) groups is 1. The van der Waals surface area contributed by atoms with E-state index >= 15 is 0 Å². The highest BCUT2D eigenvalue weighted by Crippen LogP contribution is 2.24. The highest BCUT2D eigenvalue weighted by molar-refractivity contribution is 5.98. The van der Waals surface area contributed by atoms with Gasteiger partial charge in [0, 0.05) is 12.6 Å². The fourth-order valence-corrected chi connectivity index (χ4v) is 1.52. The van der Waals surface area contributed by atoms with Crippen LogP contribution in [0, 0.1) is 0 Å². The van der Waals surface area contributed by atoms with Crippen molar-refractivity contribution in [1.29, 1.82) is 0 Å². The Labute approximate surface area is 100 Å². The molecule has 5 nitrogen and oxygen atoms in total. The van der Waals surface area contributed by atoms with E-state index in [2.05, 4.69) is 5.32 Å². The summed E-state index contributed by atoms with van der Waals surface area (Å²) in [5.74, 6) is -0.556. The number of benzene rings is 1. The van der Waals surface area contributed by atoms with Crippen LogP contribution in [0.4, 0.5) is 5.69 Å². The first kappa shape index (κ1) is 13.3. The van der Waals surface area contributed by atoms with Gasteiger partial charge in [0.15, 0.2) is 5.75 Å². The van der Waals surface area contributed by atoms with Gasteiger partial charge in [0.2, 0.25) is 0 Å². The number of nitrogens with two attached hydrogens (primary N) is 1. The average molecular weight is 238 g/mol. The molecular formula is C12H18N2O3. The molecule has 0 radical (unpaired) electrons. The van der Waals surface area contributed by atoms with Crippen molar-refractivity contribution in [2.24, 2.45) is 0 Å². The molecule has 0 heterocycles. The van der Waals surface area contributed by atoms with Gasteiger partial charge in [-0.15, -0.1) is 0 Å². The van der Waals surface area contributed by atoms with Crippen molar-refractivity contribution >= 4 is 11.6 Å². The number of rotatable bonds is 5. The maximum atomic E-state index is 11.8. The normalized spacial score (nSPS) is 12.1. The van der Waals surface area contributed by atoms with Crippen LogP contribution in [-0.2, 0) is 0 Å². The van der Waals surface area contributed by atoms with E-state index in [0.717, 1.165) is 0 Å². The number of nitrogen functional groups attached to an aromatic ring is 1. The molecule has 1 rings (SSSR count). The minimum Gasteiger partial charge on any atom is -0.505 e. The van der Waals surface area contributed by atoms with Crippen molar-refractivity contribution in [1.82, 2.24) is 5.32 Å². The highest BCUT2D eigenvalue weighted by Gasteiger charge is 2.14. The molecule has 5 N–H and O–H groups in total. The molecule has 0 aliphatic carbocycles. The summed E-state index contributed by atoms with van der Waals surface area (Å²) in [6.45, 7) is 1.95. The molecule has 1 aromatic carbocycles. The number of nitrogens with one attached hydrogen (secondary N) is 1. The number of phenols is 1. The number of aliphatic hydroxyl groups is 1. The van der Waals surface area contributed by atoms with Crippen LogP contribution in [0.3, 0.4) is 0 Å². The van der Waals surface area contributed by atoms with Crippen LogP contribution in [0.1, 0.15) is 30.1 Å². The van der Waals surface area contributed by atoms with E-state index in [9.17, 15) is 9.90 Å². The Morgan fingerprint density at radius 3 is 2.88 bits per heavy atom. The Morgan fingerprint density at radius 1 is 1.53 bits per heavy atom. The van der Waals surface area contributed by atoms with Crippen molar-refractivity contribution < 1.29 is 15.0 Å². The lowest BCUT2D eigenvalue weighted by Crippen LogP contribution is -2.32. The van der Waals surface area contributed by atoms with Gasteiger partial charge >= 0.3 is 0 Å². The average Bonchev–Trinajstić information content (AvgIpc) is 2.29. The molecule has 1 amide bonds. The number of carbonyl (C=O) groups excluding carboxylic acids is 1. The van der Waals surface area contributed by atoms with E-state index in [0.29, 0.717) is 12.8 Å². The number of para-hydroxylation sites is 1. The monoisotopic (exact) mass is 238 g/mol. The van der Waals surface area contributed by atoms with E-state index in [-0.39, 0.29) is 35.6 Å². The van der Waals surface area contributed by atoms with Gasteiger partial charge in [-0.25, -0.2) is 0 Å². The Hall–Kier alpha value is -1.75. The molecule has 1 atom stereocenters. The molecule has 0 fully saturated rings. The number of aliphatic hydroxyl groups excluding tert-OH is 1. The van der Waals surface area contributed by atoms with Gasteiger partial charge in [0.1, 0.15) is 0 Å². The SMILES string of the molecule is CC(CCCO)NC(=O)c1cccc(N)c1O. The Bertz CT molecular complexity index is 393. The van der Waals surface area contributed by atoms with Gasteiger partial charge in [0.05, 0.1) is 11.3 Å². The molecule has 0 aliphatic heterocycles. The van der Waals surface area contributed by atoms with E-state index in [1.807, 2.05) is 6.92 Å². The second kappa shape index (κ2) is 6.10. The standard InChI is InChI=1S/C12H18N2O3/c1-8(4-3-7-15)14-12(17)9-5-2-6-10(13)11(9)16/h2,5-6,8,15-16H,3-4,7,13H2,1H3,(H,14,17). The Balaban J connectivity index is 2.67. The fourth-order valence-electron chi connectivity index (χ4n) is 1.52. The zero-order valence-corrected chi connectivity index (χ0v) is 9.81. The topological polar surface area (TPSA) is 95.6 Å². The van der Waals surface area contributed by atoms with Crippen molar-refractivity contribution in [2.75, 3.05) is 12.3 Å². The lowest BCUT2D eigenvalue weighted by molar-refractivity contribution is 0.0934. The Morgan fingerprint density at radius 2 is 2.24 bits per heavy atom. The summed E-state index contributed by atoms with van der Waals surface area (Å²) in [6.07, 6.45) is 1.32. The summed E-state index contributed by atoms with van der Waals surface area (Å²) in [7, 11) is 0. The van der Waals surface area contributed by atoms with Crippen molar-refractivity contribution in [3.8, 4) is 5.75 Å². The predicted octanol–water partition coefficient (Wildman–Crippen LogP) is 0.865. The first-order chi connectivity index (χ1) is 8.06. The molecule has 0 saturated carbocycles. The van der Waals surface area contributed by atoms with Crippen LogP contribution in [0.5, 0.6) is 5.75 Å². The predicted molar refractivity (Wildman–Crippen MR) is 65.8 cm³/mol. The summed E-state index contributed by atoms with van der Waals surface area (Å²) in [6, 6.07) is 4.60. The number of amides is 1. The van der Waals surface area contributed by atoms with Crippen molar-refractivity contribution in [3.63, 3.8) is 0 Å². The first-order valence-corrected chi connectivity index (χ1v) is 5.55. The molecule has 1 aromatic rings. The molecule has 0 bridgehead atoms. The zero-order valence-electron chi connectivity index (χ0n) is 9.81. The molecule has 1 unspecified atom stereocenters. The summed E-state index contributed by atoms with van der Waals surface area (Å²) in [5.41, 5.74) is 5.86. The summed E-state index contributed by atoms with van der Waals surface area (Å²) in [4.78, 5) is 11.8. The quantitative estimate of drug-likeness (QED) is 0.452. The molecule has 5 heteroatoms. The van der Waals surface area contributed by atoms with Crippen LogP contribution in [-0.4, -0.2) is 28.8 Å². The zero-order chi connectivity index (χ0) is 12.8. The molecular weight excluding hydrogens is 220 g/mol. The van der Waals surface area contributed by atoms with Crippen LogP contribution < -0.4 is 11.1 Å². The molecule has 94 valence electrons. The van der Waals surface area contributed by atoms with E-state index in [1.54, 1.807) is 6.07 Å². The van der Waals surface area contributed by atoms with E-state index in [4.69, 9.17) is 10.8 Å². The number of aromatic hydroxyl groups is 1. The summed E-state index contributed by atoms with van der Waals surface area (Å²) in [5, 5.41) is 21.0. The van der Waals surface area contributed by atoms with Crippen molar-refractivity contribution in [3.05, 3.63) is 23.8 Å². The van der Waals surface area contributed by atoms with Gasteiger partial charge in [-0.2, -0.15) is 0 Å². The van der Waals surface area contributed by atoms with Gasteiger partial charge in [0.25, 0.3) is 5.91 Å². The largest absolute Gasteiger partial charge is 0.505 e. The van der Waals surface area contributed by atoms with Crippen LogP contribution in [0.2, 0.25) is 0 Å². The first-order valence-electron chi connectivity index (χ1n) is 5.55. The maximum Gasteiger partial charge on any atom is 0.255 e. The minimum absolute atomic E-state index is 0.0597. The molecule has 17 heavy (non-hydrogen) atoms. The molecule has 0 spiro atoms. The van der Waals surface area contributed by atoms with E-state index < -0.39 is 0 Å². The van der Waals surface area contributed by atoms with Crippen molar-refractivity contribution in [2.45, 2.75) is 25.8 Å². The Kier molecular flexibility index (Phi) is 4.78.